The predicted octanol–water partition coefficient (Wildman–Crippen LogP) is -1.81. The molecule has 1 amide bonds. The number of likely N-dealkylation sites (N-methyl/N-ethyl adjacent to an activating group) is 1. The van der Waals surface area contributed by atoms with Crippen molar-refractivity contribution in [2.45, 2.75) is 30.0 Å². The lowest BCUT2D eigenvalue weighted by Crippen LogP contribution is -2.64. The summed E-state index contributed by atoms with van der Waals surface area (Å²) in [6.45, 7) is 2.14. The summed E-state index contributed by atoms with van der Waals surface area (Å²) in [5.74, 6) is -3.65. The minimum absolute atomic E-state index is 0.0642. The van der Waals surface area contributed by atoms with E-state index in [-0.39, 0.29) is 13.2 Å². The van der Waals surface area contributed by atoms with Gasteiger partial charge < -0.3 is 20.1 Å². The number of esters is 1. The van der Waals surface area contributed by atoms with Gasteiger partial charge in [0.1, 0.15) is 18.6 Å². The molecule has 2 N–H and O–H groups in total. The number of carboxylic acids is 1. The third-order valence-electron chi connectivity index (χ3n) is 4.16. The Morgan fingerprint density at radius 1 is 1.41 bits per heavy atom. The molecule has 2 heterocycles. The standard InChI is InChI=1S/C12H18N2O7S/c1-12(2)8(11(17)18)14-9(16)6(10(14)22(12,19)20)5-21-7(15)4-13-3/h6,8,10,13H,4-5H2,1-3H3,(H,17,18)/t6-,8+,10-/m1/s1. The molecule has 0 spiro atoms. The van der Waals surface area contributed by atoms with Crippen LogP contribution in [0.4, 0.5) is 0 Å². The Labute approximate surface area is 127 Å². The van der Waals surface area contributed by atoms with Crippen molar-refractivity contribution in [3.8, 4) is 0 Å². The maximum Gasteiger partial charge on any atom is 0.328 e. The van der Waals surface area contributed by atoms with Gasteiger partial charge in [-0.05, 0) is 20.9 Å². The summed E-state index contributed by atoms with van der Waals surface area (Å²) >= 11 is 0. The number of sulfone groups is 1. The normalized spacial score (nSPS) is 31.3. The molecule has 0 bridgehead atoms. The van der Waals surface area contributed by atoms with Gasteiger partial charge in [0, 0.05) is 0 Å². The molecule has 2 fully saturated rings. The maximum atomic E-state index is 12.5. The van der Waals surface area contributed by atoms with Crippen molar-refractivity contribution in [1.82, 2.24) is 10.2 Å². The topological polar surface area (TPSA) is 130 Å². The van der Waals surface area contributed by atoms with E-state index >= 15 is 0 Å². The molecule has 9 nitrogen and oxygen atoms in total. The van der Waals surface area contributed by atoms with Gasteiger partial charge in [0.2, 0.25) is 5.91 Å². The van der Waals surface area contributed by atoms with Gasteiger partial charge in [-0.2, -0.15) is 0 Å². The van der Waals surface area contributed by atoms with Crippen LogP contribution in [0.2, 0.25) is 0 Å². The fraction of sp³-hybridized carbons (Fsp3) is 0.750. The molecule has 0 aromatic carbocycles. The first-order valence-corrected chi connectivity index (χ1v) is 8.20. The van der Waals surface area contributed by atoms with E-state index in [0.29, 0.717) is 0 Å². The highest BCUT2D eigenvalue weighted by molar-refractivity contribution is 7.93. The molecular weight excluding hydrogens is 316 g/mol. The maximum absolute atomic E-state index is 12.5. The summed E-state index contributed by atoms with van der Waals surface area (Å²) in [7, 11) is -2.34. The van der Waals surface area contributed by atoms with Gasteiger partial charge in [-0.1, -0.05) is 0 Å². The van der Waals surface area contributed by atoms with Crippen molar-refractivity contribution in [2.75, 3.05) is 20.2 Å². The molecule has 10 heteroatoms. The molecule has 2 rings (SSSR count). The number of nitrogens with one attached hydrogen (secondary N) is 1. The number of ether oxygens (including phenoxy) is 1. The van der Waals surface area contributed by atoms with Crippen molar-refractivity contribution < 1.29 is 32.6 Å². The van der Waals surface area contributed by atoms with Crippen molar-refractivity contribution in [3.63, 3.8) is 0 Å². The number of hydrogen-bond donors (Lipinski definition) is 2. The lowest BCUT2D eigenvalue weighted by atomic mass is 9.92. The van der Waals surface area contributed by atoms with Crippen molar-refractivity contribution in [1.29, 1.82) is 0 Å². The van der Waals surface area contributed by atoms with Crippen LogP contribution in [0.1, 0.15) is 13.8 Å². The second-order valence-electron chi connectivity index (χ2n) is 5.85. The largest absolute Gasteiger partial charge is 0.480 e. The molecule has 0 radical (unpaired) electrons. The minimum Gasteiger partial charge on any atom is -0.480 e. The van der Waals surface area contributed by atoms with Crippen LogP contribution < -0.4 is 5.32 Å². The Kier molecular flexibility index (Phi) is 3.94. The smallest absolute Gasteiger partial charge is 0.328 e. The second-order valence-corrected chi connectivity index (χ2v) is 8.47. The van der Waals surface area contributed by atoms with Crippen LogP contribution in [0.15, 0.2) is 0 Å². The molecule has 2 aliphatic rings. The SMILES string of the molecule is CNCC(=O)OC[C@@H]1C(=O)N2[C@@H](C(=O)O)C(C)(C)S(=O)(=O)[C@H]12. The van der Waals surface area contributed by atoms with Crippen molar-refractivity contribution >= 4 is 27.7 Å². The van der Waals surface area contributed by atoms with Crippen LogP contribution in [-0.4, -0.2) is 72.6 Å². The fourth-order valence-corrected chi connectivity index (χ4v) is 5.24. The van der Waals surface area contributed by atoms with E-state index in [1.54, 1.807) is 7.05 Å². The summed E-state index contributed by atoms with van der Waals surface area (Å²) in [5.41, 5.74) is 0. The number of nitrogens with zero attached hydrogens (tertiary/aromatic N) is 1. The average Bonchev–Trinajstić information content (AvgIpc) is 2.53. The molecule has 0 unspecified atom stereocenters. The van der Waals surface area contributed by atoms with Crippen LogP contribution in [0.25, 0.3) is 0 Å². The van der Waals surface area contributed by atoms with Gasteiger partial charge in [0.05, 0.1) is 11.3 Å². The van der Waals surface area contributed by atoms with Crippen LogP contribution in [0.5, 0.6) is 0 Å². The zero-order chi connectivity index (χ0) is 16.9. The lowest BCUT2D eigenvalue weighted by Gasteiger charge is -2.42. The van der Waals surface area contributed by atoms with E-state index in [1.165, 1.54) is 13.8 Å². The number of aliphatic carboxylic acids is 1. The molecular formula is C12H18N2O7S. The van der Waals surface area contributed by atoms with Crippen molar-refractivity contribution in [3.05, 3.63) is 0 Å². The van der Waals surface area contributed by atoms with Crippen LogP contribution >= 0.6 is 0 Å². The molecule has 2 aliphatic heterocycles. The number of carbonyl (C=O) groups excluding carboxylic acids is 2. The molecule has 0 aliphatic carbocycles. The Morgan fingerprint density at radius 2 is 2.00 bits per heavy atom. The van der Waals surface area contributed by atoms with Gasteiger partial charge >= 0.3 is 11.9 Å². The summed E-state index contributed by atoms with van der Waals surface area (Å²) in [4.78, 5) is 35.6. The molecule has 2 saturated heterocycles. The molecule has 0 aromatic heterocycles. The number of rotatable bonds is 5. The number of carbonyl (C=O) groups is 3. The van der Waals surface area contributed by atoms with E-state index in [2.05, 4.69) is 5.32 Å². The van der Waals surface area contributed by atoms with Crippen molar-refractivity contribution in [2.24, 2.45) is 5.92 Å². The van der Waals surface area contributed by atoms with Crippen LogP contribution in [0.3, 0.4) is 0 Å². The highest BCUT2D eigenvalue weighted by Crippen LogP contribution is 2.48. The summed E-state index contributed by atoms with van der Waals surface area (Å²) in [6, 6.07) is -1.43. The monoisotopic (exact) mass is 334 g/mol. The van der Waals surface area contributed by atoms with Gasteiger partial charge in [-0.15, -0.1) is 0 Å². The first-order chi connectivity index (χ1) is 10.1. The molecule has 0 aromatic rings. The number of amides is 1. The summed E-state index contributed by atoms with van der Waals surface area (Å²) in [5, 5.41) is 10.6. The second kappa shape index (κ2) is 5.20. The fourth-order valence-electron chi connectivity index (χ4n) is 2.94. The minimum atomic E-state index is -3.88. The van der Waals surface area contributed by atoms with Gasteiger partial charge in [0.25, 0.3) is 0 Å². The third kappa shape index (κ3) is 2.09. The highest BCUT2D eigenvalue weighted by atomic mass is 32.2. The quantitative estimate of drug-likeness (QED) is 0.444. The first kappa shape index (κ1) is 16.7. The zero-order valence-electron chi connectivity index (χ0n) is 12.4. The van der Waals surface area contributed by atoms with E-state index in [4.69, 9.17) is 4.74 Å². The number of fused-ring (bicyclic) bond motifs is 1. The summed E-state index contributed by atoms with van der Waals surface area (Å²) in [6.07, 6.45) is 0. The van der Waals surface area contributed by atoms with Crippen LogP contribution in [0, 0.1) is 5.92 Å². The van der Waals surface area contributed by atoms with Gasteiger partial charge in [0.15, 0.2) is 15.2 Å². The highest BCUT2D eigenvalue weighted by Gasteiger charge is 2.72. The summed E-state index contributed by atoms with van der Waals surface area (Å²) < 4.78 is 28.3. The molecule has 22 heavy (non-hydrogen) atoms. The van der Waals surface area contributed by atoms with Crippen LogP contribution in [-0.2, 0) is 29.0 Å². The average molecular weight is 334 g/mol. The lowest BCUT2D eigenvalue weighted by molar-refractivity contribution is -0.168. The third-order valence-corrected chi connectivity index (χ3v) is 7.04. The van der Waals surface area contributed by atoms with E-state index in [0.717, 1.165) is 4.90 Å². The van der Waals surface area contributed by atoms with E-state index in [1.807, 2.05) is 0 Å². The first-order valence-electron chi connectivity index (χ1n) is 6.66. The number of β-lactam (4-membered cyclic amide) rings is 1. The molecule has 124 valence electrons. The van der Waals surface area contributed by atoms with E-state index in [9.17, 15) is 27.9 Å². The predicted molar refractivity (Wildman–Crippen MR) is 73.4 cm³/mol. The Balaban J connectivity index is 2.23. The number of carboxylic acid groups (broad SMARTS) is 1. The Morgan fingerprint density at radius 3 is 2.50 bits per heavy atom. The Bertz CT molecular complexity index is 627. The van der Waals surface area contributed by atoms with Gasteiger partial charge in [-0.3, -0.25) is 9.59 Å². The zero-order valence-corrected chi connectivity index (χ0v) is 13.2. The van der Waals surface area contributed by atoms with Gasteiger partial charge in [-0.25, -0.2) is 13.2 Å². The number of hydrogen-bond acceptors (Lipinski definition) is 7. The van der Waals surface area contributed by atoms with E-state index < -0.39 is 49.8 Å². The molecule has 3 atom stereocenters. The Hall–Kier alpha value is -1.68. The molecule has 0 saturated carbocycles.